The van der Waals surface area contributed by atoms with Gasteiger partial charge in [-0.2, -0.15) is 0 Å². The lowest BCUT2D eigenvalue weighted by Gasteiger charge is -2.15. The van der Waals surface area contributed by atoms with Gasteiger partial charge in [-0.15, -0.1) is 0 Å². The normalized spacial score (nSPS) is 34.6. The van der Waals surface area contributed by atoms with E-state index >= 15 is 0 Å². The van der Waals surface area contributed by atoms with E-state index in [4.69, 9.17) is 0 Å². The minimum Gasteiger partial charge on any atom is -0.303 e. The fraction of sp³-hybridized carbons (Fsp3) is 0.600. The number of allylic oxidation sites excluding steroid dienone is 1. The molecule has 66 valence electrons. The van der Waals surface area contributed by atoms with E-state index in [0.29, 0.717) is 11.5 Å². The fourth-order valence-corrected chi connectivity index (χ4v) is 1.97. The summed E-state index contributed by atoms with van der Waals surface area (Å²) in [5.74, 6) is 0.530. The molecular formula is C10H14O2. The Labute approximate surface area is 72.7 Å². The number of hydrogen-bond donors (Lipinski definition) is 0. The number of aldehydes is 2. The second-order valence-electron chi connectivity index (χ2n) is 3.57. The molecule has 0 aromatic rings. The third-order valence-electron chi connectivity index (χ3n) is 2.84. The van der Waals surface area contributed by atoms with Crippen LogP contribution >= 0.6 is 0 Å². The lowest BCUT2D eigenvalue weighted by atomic mass is 9.87. The molecule has 3 atom stereocenters. The van der Waals surface area contributed by atoms with Gasteiger partial charge in [0.15, 0.2) is 0 Å². The minimum absolute atomic E-state index is 0.0164. The average molecular weight is 166 g/mol. The highest BCUT2D eigenvalue weighted by Gasteiger charge is 2.34. The van der Waals surface area contributed by atoms with Gasteiger partial charge in [0, 0.05) is 5.92 Å². The van der Waals surface area contributed by atoms with Gasteiger partial charge in [-0.1, -0.05) is 13.5 Å². The molecule has 0 radical (unpaired) electrons. The van der Waals surface area contributed by atoms with Crippen molar-refractivity contribution in [1.82, 2.24) is 0 Å². The molecule has 1 aliphatic rings. The van der Waals surface area contributed by atoms with Gasteiger partial charge in [0.1, 0.15) is 12.6 Å². The number of hydrogen-bond acceptors (Lipinski definition) is 2. The first-order valence-electron chi connectivity index (χ1n) is 4.30. The van der Waals surface area contributed by atoms with E-state index in [-0.39, 0.29) is 11.8 Å². The smallest absolute Gasteiger partial charge is 0.145 e. The molecule has 0 spiro atoms. The third-order valence-corrected chi connectivity index (χ3v) is 2.84. The maximum atomic E-state index is 10.7. The van der Waals surface area contributed by atoms with Gasteiger partial charge >= 0.3 is 0 Å². The van der Waals surface area contributed by atoms with E-state index in [1.54, 1.807) is 0 Å². The van der Waals surface area contributed by atoms with Gasteiger partial charge in [0.05, 0.1) is 0 Å². The van der Waals surface area contributed by atoms with Crippen molar-refractivity contribution in [3.8, 4) is 0 Å². The Morgan fingerprint density at radius 1 is 1.42 bits per heavy atom. The zero-order valence-electron chi connectivity index (χ0n) is 7.32. The highest BCUT2D eigenvalue weighted by atomic mass is 16.1. The topological polar surface area (TPSA) is 34.1 Å². The quantitative estimate of drug-likeness (QED) is 0.471. The molecule has 0 aromatic carbocycles. The molecule has 0 bridgehead atoms. The van der Waals surface area contributed by atoms with Gasteiger partial charge in [0.25, 0.3) is 0 Å². The Morgan fingerprint density at radius 2 is 2.08 bits per heavy atom. The van der Waals surface area contributed by atoms with Crippen LogP contribution in [0.3, 0.4) is 0 Å². The van der Waals surface area contributed by atoms with Crippen LogP contribution in [0.4, 0.5) is 0 Å². The maximum absolute atomic E-state index is 10.7. The summed E-state index contributed by atoms with van der Waals surface area (Å²) in [6.45, 7) is 5.71. The van der Waals surface area contributed by atoms with Crippen LogP contribution in [0.2, 0.25) is 0 Å². The van der Waals surface area contributed by atoms with Crippen LogP contribution in [0.25, 0.3) is 0 Å². The molecule has 0 unspecified atom stereocenters. The van der Waals surface area contributed by atoms with Crippen LogP contribution in [-0.4, -0.2) is 12.6 Å². The summed E-state index contributed by atoms with van der Waals surface area (Å²) >= 11 is 0. The lowest BCUT2D eigenvalue weighted by molar-refractivity contribution is -0.112. The van der Waals surface area contributed by atoms with E-state index in [1.165, 1.54) is 0 Å². The van der Waals surface area contributed by atoms with Gasteiger partial charge in [-0.25, -0.2) is 0 Å². The number of rotatable bonds is 3. The van der Waals surface area contributed by atoms with Gasteiger partial charge in [-0.3, -0.25) is 4.79 Å². The second-order valence-corrected chi connectivity index (χ2v) is 3.57. The highest BCUT2D eigenvalue weighted by molar-refractivity contribution is 5.74. The van der Waals surface area contributed by atoms with E-state index in [1.807, 2.05) is 0 Å². The molecule has 0 aromatic heterocycles. The van der Waals surface area contributed by atoms with Crippen molar-refractivity contribution < 1.29 is 9.59 Å². The Hall–Kier alpha value is -0.920. The van der Waals surface area contributed by atoms with E-state index in [2.05, 4.69) is 13.5 Å². The van der Waals surface area contributed by atoms with E-state index in [9.17, 15) is 9.59 Å². The molecule has 2 heteroatoms. The Bertz CT molecular complexity index is 208. The summed E-state index contributed by atoms with van der Waals surface area (Å²) in [6, 6.07) is 0. The largest absolute Gasteiger partial charge is 0.303 e. The molecule has 0 saturated heterocycles. The van der Waals surface area contributed by atoms with Crippen LogP contribution in [-0.2, 0) is 9.59 Å². The molecule has 1 aliphatic carbocycles. The molecule has 0 aliphatic heterocycles. The van der Waals surface area contributed by atoms with Crippen molar-refractivity contribution in [1.29, 1.82) is 0 Å². The van der Waals surface area contributed by atoms with Crippen LogP contribution in [0.15, 0.2) is 12.2 Å². The SMILES string of the molecule is C=C(C=O)[C@H]1CC[C@H](C)[C@H]1C=O. The number of carbonyl (C=O) groups is 2. The Balaban J connectivity index is 2.72. The van der Waals surface area contributed by atoms with Crippen LogP contribution in [0, 0.1) is 17.8 Å². The summed E-state index contributed by atoms with van der Waals surface area (Å²) in [7, 11) is 0. The van der Waals surface area contributed by atoms with Crippen LogP contribution in [0.5, 0.6) is 0 Å². The summed E-state index contributed by atoms with van der Waals surface area (Å²) < 4.78 is 0. The highest BCUT2D eigenvalue weighted by Crippen LogP contribution is 2.38. The van der Waals surface area contributed by atoms with Crippen molar-refractivity contribution in [3.05, 3.63) is 12.2 Å². The number of carbonyl (C=O) groups excluding carboxylic acids is 2. The standard InChI is InChI=1S/C10H14O2/c1-7-3-4-9(8(2)5-11)10(7)6-12/h5-7,9-10H,2-4H2,1H3/t7-,9+,10+/m0/s1. The first-order valence-corrected chi connectivity index (χ1v) is 4.30. The zero-order chi connectivity index (χ0) is 9.14. The van der Waals surface area contributed by atoms with Crippen molar-refractivity contribution in [3.63, 3.8) is 0 Å². The van der Waals surface area contributed by atoms with Crippen molar-refractivity contribution >= 4 is 12.6 Å². The summed E-state index contributed by atoms with van der Waals surface area (Å²) in [5, 5.41) is 0. The summed E-state index contributed by atoms with van der Waals surface area (Å²) in [5.41, 5.74) is 0.580. The Kier molecular flexibility index (Phi) is 2.79. The van der Waals surface area contributed by atoms with Crippen molar-refractivity contribution in [2.24, 2.45) is 17.8 Å². The molecule has 1 saturated carbocycles. The molecule has 0 N–H and O–H groups in total. The molecule has 0 heterocycles. The molecule has 0 amide bonds. The summed E-state index contributed by atoms with van der Waals surface area (Å²) in [4.78, 5) is 21.1. The van der Waals surface area contributed by atoms with E-state index < -0.39 is 0 Å². The second kappa shape index (κ2) is 3.65. The molecular weight excluding hydrogens is 152 g/mol. The first kappa shape index (κ1) is 9.17. The third kappa shape index (κ3) is 1.47. The van der Waals surface area contributed by atoms with Crippen LogP contribution < -0.4 is 0 Å². The van der Waals surface area contributed by atoms with Crippen molar-refractivity contribution in [2.45, 2.75) is 19.8 Å². The first-order chi connectivity index (χ1) is 5.70. The lowest BCUT2D eigenvalue weighted by Crippen LogP contribution is -2.16. The van der Waals surface area contributed by atoms with Gasteiger partial charge in [-0.05, 0) is 30.3 Å². The molecule has 1 fully saturated rings. The minimum atomic E-state index is 0.0164. The average Bonchev–Trinajstić information content (AvgIpc) is 2.45. The molecule has 2 nitrogen and oxygen atoms in total. The fourth-order valence-electron chi connectivity index (χ4n) is 1.97. The zero-order valence-corrected chi connectivity index (χ0v) is 7.32. The van der Waals surface area contributed by atoms with Crippen LogP contribution in [0.1, 0.15) is 19.8 Å². The monoisotopic (exact) mass is 166 g/mol. The summed E-state index contributed by atoms with van der Waals surface area (Å²) in [6.07, 6.45) is 3.71. The van der Waals surface area contributed by atoms with E-state index in [0.717, 1.165) is 25.4 Å². The molecule has 1 rings (SSSR count). The maximum Gasteiger partial charge on any atom is 0.145 e. The van der Waals surface area contributed by atoms with Crippen molar-refractivity contribution in [2.75, 3.05) is 0 Å². The molecule has 12 heavy (non-hydrogen) atoms. The predicted molar refractivity (Wildman–Crippen MR) is 46.6 cm³/mol. The van der Waals surface area contributed by atoms with Gasteiger partial charge < -0.3 is 4.79 Å². The Morgan fingerprint density at radius 3 is 2.58 bits per heavy atom. The predicted octanol–water partition coefficient (Wildman–Crippen LogP) is 1.60. The van der Waals surface area contributed by atoms with Gasteiger partial charge in [0.2, 0.25) is 0 Å².